The first kappa shape index (κ1) is 15.0. The molecular formula is C16H15NO3S2. The molecule has 0 fully saturated rings. The van der Waals surface area contributed by atoms with Crippen LogP contribution in [0.15, 0.2) is 46.4 Å². The Balaban J connectivity index is 1.61. The van der Waals surface area contributed by atoms with Crippen LogP contribution in [0.5, 0.6) is 0 Å². The summed E-state index contributed by atoms with van der Waals surface area (Å²) in [5.74, 6) is 0.450. The van der Waals surface area contributed by atoms with Crippen LogP contribution in [0.3, 0.4) is 0 Å². The molecule has 3 aromatic heterocycles. The summed E-state index contributed by atoms with van der Waals surface area (Å²) < 4.78 is 5.21. The van der Waals surface area contributed by atoms with Crippen molar-refractivity contribution >= 4 is 28.6 Å². The van der Waals surface area contributed by atoms with Gasteiger partial charge in [0.2, 0.25) is 0 Å². The molecule has 114 valence electrons. The molecule has 22 heavy (non-hydrogen) atoms. The van der Waals surface area contributed by atoms with Gasteiger partial charge < -0.3 is 14.8 Å². The Morgan fingerprint density at radius 2 is 2.27 bits per heavy atom. The zero-order chi connectivity index (χ0) is 15.5. The molecule has 0 radical (unpaired) electrons. The van der Waals surface area contributed by atoms with Crippen LogP contribution in [-0.4, -0.2) is 11.0 Å². The summed E-state index contributed by atoms with van der Waals surface area (Å²) >= 11 is 2.90. The van der Waals surface area contributed by atoms with E-state index < -0.39 is 6.10 Å². The van der Waals surface area contributed by atoms with Crippen LogP contribution in [0.2, 0.25) is 0 Å². The maximum Gasteiger partial charge on any atom is 0.261 e. The van der Waals surface area contributed by atoms with E-state index in [4.69, 9.17) is 4.42 Å². The minimum Gasteiger partial charge on any atom is -0.466 e. The zero-order valence-corrected chi connectivity index (χ0v) is 13.5. The summed E-state index contributed by atoms with van der Waals surface area (Å²) in [4.78, 5) is 14.5. The fourth-order valence-corrected chi connectivity index (χ4v) is 3.79. The van der Waals surface area contributed by atoms with E-state index in [0.717, 1.165) is 15.3 Å². The van der Waals surface area contributed by atoms with Crippen molar-refractivity contribution in [3.05, 3.63) is 67.9 Å². The molecule has 0 saturated carbocycles. The summed E-state index contributed by atoms with van der Waals surface area (Å²) in [5, 5.41) is 15.0. The summed E-state index contributed by atoms with van der Waals surface area (Å²) in [6.45, 7) is 2.42. The Morgan fingerprint density at radius 3 is 2.95 bits per heavy atom. The summed E-state index contributed by atoms with van der Waals surface area (Å²) in [6.07, 6.45) is 0.778. The van der Waals surface area contributed by atoms with Gasteiger partial charge in [-0.1, -0.05) is 0 Å². The fraction of sp³-hybridized carbons (Fsp3) is 0.188. The molecule has 0 spiro atoms. The van der Waals surface area contributed by atoms with Gasteiger partial charge in [0.25, 0.3) is 5.91 Å². The molecule has 0 aliphatic carbocycles. The van der Waals surface area contributed by atoms with Crippen molar-refractivity contribution in [1.29, 1.82) is 0 Å². The number of amides is 1. The lowest BCUT2D eigenvalue weighted by molar-refractivity contribution is 0.0955. The maximum atomic E-state index is 12.0. The second kappa shape index (κ2) is 6.48. The van der Waals surface area contributed by atoms with Gasteiger partial charge in [-0.25, -0.2) is 0 Å². The quantitative estimate of drug-likeness (QED) is 0.748. The molecule has 1 amide bonds. The number of rotatable bonds is 5. The van der Waals surface area contributed by atoms with Crippen LogP contribution >= 0.6 is 22.7 Å². The minimum absolute atomic E-state index is 0.0698. The average Bonchev–Trinajstić information content (AvgIpc) is 3.25. The normalized spacial score (nSPS) is 12.3. The van der Waals surface area contributed by atoms with Gasteiger partial charge in [-0.15, -0.1) is 22.7 Å². The molecule has 0 unspecified atom stereocenters. The van der Waals surface area contributed by atoms with Gasteiger partial charge in [0.05, 0.1) is 17.7 Å². The highest BCUT2D eigenvalue weighted by Gasteiger charge is 2.16. The van der Waals surface area contributed by atoms with Crippen molar-refractivity contribution < 1.29 is 14.3 Å². The van der Waals surface area contributed by atoms with Gasteiger partial charge in [-0.2, -0.15) is 0 Å². The minimum atomic E-state index is -0.760. The summed E-state index contributed by atoms with van der Waals surface area (Å²) in [6, 6.07) is 9.13. The smallest absolute Gasteiger partial charge is 0.261 e. The molecule has 0 aromatic carbocycles. The lowest BCUT2D eigenvalue weighted by Crippen LogP contribution is -2.21. The van der Waals surface area contributed by atoms with Crippen LogP contribution in [0.4, 0.5) is 0 Å². The number of aryl methyl sites for hydroxylation is 1. The number of thiophene rings is 2. The molecular weight excluding hydrogens is 318 g/mol. The third-order valence-corrected chi connectivity index (χ3v) is 5.33. The average molecular weight is 333 g/mol. The number of nitrogens with one attached hydrogen (secondary N) is 1. The molecule has 0 aliphatic rings. The first-order chi connectivity index (χ1) is 10.6. The molecule has 6 heteroatoms. The number of furan rings is 1. The van der Waals surface area contributed by atoms with Crippen molar-refractivity contribution in [1.82, 2.24) is 5.32 Å². The Morgan fingerprint density at radius 1 is 1.41 bits per heavy atom. The third-order valence-electron chi connectivity index (χ3n) is 3.14. The van der Waals surface area contributed by atoms with Crippen molar-refractivity contribution in [2.45, 2.75) is 19.6 Å². The van der Waals surface area contributed by atoms with E-state index in [2.05, 4.69) is 5.32 Å². The summed E-state index contributed by atoms with van der Waals surface area (Å²) in [5.41, 5.74) is 1.09. The van der Waals surface area contributed by atoms with Crippen LogP contribution in [0, 0.1) is 6.92 Å². The first-order valence-corrected chi connectivity index (χ1v) is 8.46. The molecule has 3 rings (SSSR count). The van der Waals surface area contributed by atoms with Gasteiger partial charge in [0.15, 0.2) is 0 Å². The molecule has 3 aromatic rings. The Bertz CT molecular complexity index is 758. The molecule has 0 saturated heterocycles. The number of carbonyl (C=O) groups is 1. The highest BCUT2D eigenvalue weighted by molar-refractivity contribution is 7.12. The van der Waals surface area contributed by atoms with Crippen molar-refractivity contribution in [3.63, 3.8) is 0 Å². The molecule has 3 heterocycles. The van der Waals surface area contributed by atoms with E-state index in [9.17, 15) is 9.90 Å². The number of hydrogen-bond donors (Lipinski definition) is 2. The van der Waals surface area contributed by atoms with E-state index in [1.807, 2.05) is 30.5 Å². The van der Waals surface area contributed by atoms with Crippen LogP contribution in [-0.2, 0) is 6.54 Å². The van der Waals surface area contributed by atoms with E-state index in [1.165, 1.54) is 28.9 Å². The SMILES string of the molecule is Cc1csc(C(=O)NCc2ccc([C@@H](O)c3ccco3)s2)c1. The lowest BCUT2D eigenvalue weighted by atomic mass is 10.2. The van der Waals surface area contributed by atoms with Gasteiger partial charge >= 0.3 is 0 Å². The number of carbonyl (C=O) groups excluding carboxylic acids is 1. The Labute approximate surface area is 136 Å². The Hall–Kier alpha value is -1.89. The lowest BCUT2D eigenvalue weighted by Gasteiger charge is -2.04. The summed E-state index contributed by atoms with van der Waals surface area (Å²) in [7, 11) is 0. The van der Waals surface area contributed by atoms with Gasteiger partial charge in [-0.3, -0.25) is 4.79 Å². The number of aliphatic hydroxyl groups excluding tert-OH is 1. The largest absolute Gasteiger partial charge is 0.466 e. The molecule has 0 aliphatic heterocycles. The van der Waals surface area contributed by atoms with Crippen LogP contribution in [0.1, 0.15) is 36.9 Å². The van der Waals surface area contributed by atoms with Crippen molar-refractivity contribution in [2.75, 3.05) is 0 Å². The van der Waals surface area contributed by atoms with Gasteiger partial charge in [0.1, 0.15) is 11.9 Å². The third kappa shape index (κ3) is 3.30. The highest BCUT2D eigenvalue weighted by Crippen LogP contribution is 2.28. The highest BCUT2D eigenvalue weighted by atomic mass is 32.1. The second-order valence-corrected chi connectivity index (χ2v) is 7.00. The molecule has 4 nitrogen and oxygen atoms in total. The van der Waals surface area contributed by atoms with E-state index in [-0.39, 0.29) is 5.91 Å². The number of hydrogen-bond acceptors (Lipinski definition) is 5. The molecule has 2 N–H and O–H groups in total. The van der Waals surface area contributed by atoms with E-state index in [0.29, 0.717) is 17.2 Å². The predicted octanol–water partition coefficient (Wildman–Crippen LogP) is 3.72. The van der Waals surface area contributed by atoms with Crippen LogP contribution < -0.4 is 5.32 Å². The van der Waals surface area contributed by atoms with Gasteiger partial charge in [-0.05, 0) is 48.2 Å². The maximum absolute atomic E-state index is 12.0. The van der Waals surface area contributed by atoms with Gasteiger partial charge in [0, 0.05) is 9.75 Å². The van der Waals surface area contributed by atoms with Crippen molar-refractivity contribution in [3.8, 4) is 0 Å². The van der Waals surface area contributed by atoms with Crippen molar-refractivity contribution in [2.24, 2.45) is 0 Å². The second-order valence-electron chi connectivity index (χ2n) is 4.89. The molecule has 1 atom stereocenters. The van der Waals surface area contributed by atoms with E-state index >= 15 is 0 Å². The monoisotopic (exact) mass is 333 g/mol. The predicted molar refractivity (Wildman–Crippen MR) is 87.3 cm³/mol. The molecule has 0 bridgehead atoms. The standard InChI is InChI=1S/C16H15NO3S2/c1-10-7-14(21-9-10)16(19)17-8-11-4-5-13(22-11)15(18)12-3-2-6-20-12/h2-7,9,15,18H,8H2,1H3,(H,17,19)/t15-/m0/s1. The van der Waals surface area contributed by atoms with E-state index in [1.54, 1.807) is 12.1 Å². The first-order valence-electron chi connectivity index (χ1n) is 6.77. The Kier molecular flexibility index (Phi) is 4.42. The zero-order valence-electron chi connectivity index (χ0n) is 11.9. The fourth-order valence-electron chi connectivity index (χ4n) is 2.03. The van der Waals surface area contributed by atoms with Crippen LogP contribution in [0.25, 0.3) is 0 Å². The number of aliphatic hydroxyl groups is 1. The topological polar surface area (TPSA) is 62.5 Å².